The molecule has 0 saturated heterocycles. The molecule has 1 aromatic rings. The van der Waals surface area contributed by atoms with Crippen LogP contribution in [0.15, 0.2) is 30.3 Å². The van der Waals surface area contributed by atoms with Crippen molar-refractivity contribution in [1.29, 1.82) is 5.26 Å². The number of nitriles is 1. The highest BCUT2D eigenvalue weighted by Crippen LogP contribution is 2.02. The van der Waals surface area contributed by atoms with Crippen molar-refractivity contribution < 1.29 is 4.79 Å². The quantitative estimate of drug-likeness (QED) is 0.776. The van der Waals surface area contributed by atoms with E-state index in [2.05, 4.69) is 5.32 Å². The molecule has 3 nitrogen and oxygen atoms in total. The molecule has 0 bridgehead atoms. The second kappa shape index (κ2) is 5.03. The lowest BCUT2D eigenvalue weighted by molar-refractivity contribution is -0.119. The molecule has 0 aliphatic carbocycles. The van der Waals surface area contributed by atoms with Gasteiger partial charge in [-0.25, -0.2) is 0 Å². The maximum Gasteiger partial charge on any atom is 0.217 e. The summed E-state index contributed by atoms with van der Waals surface area (Å²) in [5, 5.41) is 11.3. The minimum Gasteiger partial charge on any atom is -0.340 e. The molecule has 1 aromatic carbocycles. The fourth-order valence-corrected chi connectivity index (χ4v) is 1.22. The van der Waals surface area contributed by atoms with Crippen molar-refractivity contribution in [2.75, 3.05) is 0 Å². The van der Waals surface area contributed by atoms with E-state index in [1.807, 2.05) is 36.4 Å². The number of nitrogens with one attached hydrogen (secondary N) is 1. The van der Waals surface area contributed by atoms with Gasteiger partial charge >= 0.3 is 0 Å². The summed E-state index contributed by atoms with van der Waals surface area (Å²) in [6, 6.07) is 11.2. The molecule has 0 radical (unpaired) electrons. The van der Waals surface area contributed by atoms with Gasteiger partial charge in [-0.3, -0.25) is 4.79 Å². The Bertz CT molecular complexity index is 340. The number of amides is 1. The Hall–Kier alpha value is -1.82. The van der Waals surface area contributed by atoms with Crippen molar-refractivity contribution in [2.24, 2.45) is 0 Å². The van der Waals surface area contributed by atoms with E-state index in [0.717, 1.165) is 5.56 Å². The monoisotopic (exact) mass is 188 g/mol. The van der Waals surface area contributed by atoms with Gasteiger partial charge in [0, 0.05) is 13.3 Å². The van der Waals surface area contributed by atoms with Crippen LogP contribution in [0.5, 0.6) is 0 Å². The summed E-state index contributed by atoms with van der Waals surface area (Å²) in [5.74, 6) is -0.174. The number of carbonyl (C=O) groups is 1. The average Bonchev–Trinajstić information content (AvgIpc) is 2.17. The molecule has 0 aromatic heterocycles. The molecule has 1 amide bonds. The van der Waals surface area contributed by atoms with E-state index in [4.69, 9.17) is 5.26 Å². The average molecular weight is 188 g/mol. The van der Waals surface area contributed by atoms with Gasteiger partial charge in [0.25, 0.3) is 0 Å². The lowest BCUT2D eigenvalue weighted by Crippen LogP contribution is -2.33. The van der Waals surface area contributed by atoms with Gasteiger partial charge in [-0.1, -0.05) is 30.3 Å². The molecule has 72 valence electrons. The van der Waals surface area contributed by atoms with Crippen LogP contribution in [-0.4, -0.2) is 11.9 Å². The second-order valence-electron chi connectivity index (χ2n) is 3.07. The molecule has 14 heavy (non-hydrogen) atoms. The highest BCUT2D eigenvalue weighted by atomic mass is 16.1. The van der Waals surface area contributed by atoms with Gasteiger partial charge in [0.1, 0.15) is 6.04 Å². The van der Waals surface area contributed by atoms with Gasteiger partial charge in [0.15, 0.2) is 0 Å². The minimum absolute atomic E-state index is 0.174. The number of nitrogens with zero attached hydrogens (tertiary/aromatic N) is 1. The van der Waals surface area contributed by atoms with Crippen LogP contribution in [0, 0.1) is 11.3 Å². The van der Waals surface area contributed by atoms with Crippen LogP contribution in [0.1, 0.15) is 12.5 Å². The summed E-state index contributed by atoms with van der Waals surface area (Å²) in [4.78, 5) is 10.7. The predicted molar refractivity (Wildman–Crippen MR) is 53.4 cm³/mol. The zero-order chi connectivity index (χ0) is 10.4. The second-order valence-corrected chi connectivity index (χ2v) is 3.07. The molecule has 0 aliphatic heterocycles. The summed E-state index contributed by atoms with van der Waals surface area (Å²) < 4.78 is 0. The molecular weight excluding hydrogens is 176 g/mol. The SMILES string of the molecule is CC(=O)N[C@@H](C#N)Cc1ccccc1. The fourth-order valence-electron chi connectivity index (χ4n) is 1.22. The largest absolute Gasteiger partial charge is 0.340 e. The van der Waals surface area contributed by atoms with E-state index in [9.17, 15) is 4.79 Å². The lowest BCUT2D eigenvalue weighted by atomic mass is 10.1. The summed E-state index contributed by atoms with van der Waals surface area (Å²) in [5.41, 5.74) is 1.05. The molecule has 3 heteroatoms. The van der Waals surface area contributed by atoms with Crippen LogP contribution in [0.3, 0.4) is 0 Å². The van der Waals surface area contributed by atoms with Crippen LogP contribution in [0.2, 0.25) is 0 Å². The van der Waals surface area contributed by atoms with E-state index < -0.39 is 6.04 Å². The van der Waals surface area contributed by atoms with Crippen molar-refractivity contribution in [3.8, 4) is 6.07 Å². The topological polar surface area (TPSA) is 52.9 Å². The Balaban J connectivity index is 2.58. The van der Waals surface area contributed by atoms with Crippen molar-refractivity contribution in [2.45, 2.75) is 19.4 Å². The van der Waals surface area contributed by atoms with E-state index in [0.29, 0.717) is 6.42 Å². The molecular formula is C11H12N2O. The third kappa shape index (κ3) is 3.28. The molecule has 0 spiro atoms. The van der Waals surface area contributed by atoms with Crippen molar-refractivity contribution >= 4 is 5.91 Å². The van der Waals surface area contributed by atoms with Gasteiger partial charge in [-0.2, -0.15) is 5.26 Å². The maximum absolute atomic E-state index is 10.7. The van der Waals surface area contributed by atoms with Crippen molar-refractivity contribution in [3.63, 3.8) is 0 Å². The molecule has 0 aliphatic rings. The van der Waals surface area contributed by atoms with E-state index in [1.54, 1.807) is 0 Å². The van der Waals surface area contributed by atoms with E-state index >= 15 is 0 Å². The summed E-state index contributed by atoms with van der Waals surface area (Å²) in [7, 11) is 0. The highest BCUT2D eigenvalue weighted by molar-refractivity contribution is 5.73. The molecule has 1 rings (SSSR count). The van der Waals surface area contributed by atoms with Gasteiger partial charge in [-0.05, 0) is 5.56 Å². The Morgan fingerprint density at radius 3 is 2.64 bits per heavy atom. The van der Waals surface area contributed by atoms with Gasteiger partial charge in [-0.15, -0.1) is 0 Å². The first-order valence-electron chi connectivity index (χ1n) is 4.43. The Morgan fingerprint density at radius 2 is 2.14 bits per heavy atom. The zero-order valence-electron chi connectivity index (χ0n) is 8.03. The van der Waals surface area contributed by atoms with E-state index in [-0.39, 0.29) is 5.91 Å². The normalized spacial score (nSPS) is 11.4. The predicted octanol–water partition coefficient (Wildman–Crippen LogP) is 1.26. The van der Waals surface area contributed by atoms with Gasteiger partial charge in [0.2, 0.25) is 5.91 Å². The molecule has 0 heterocycles. The zero-order valence-corrected chi connectivity index (χ0v) is 8.03. The van der Waals surface area contributed by atoms with Crippen molar-refractivity contribution in [3.05, 3.63) is 35.9 Å². The van der Waals surface area contributed by atoms with Crippen LogP contribution < -0.4 is 5.32 Å². The first-order chi connectivity index (χ1) is 6.72. The minimum atomic E-state index is -0.435. The van der Waals surface area contributed by atoms with Crippen molar-refractivity contribution in [1.82, 2.24) is 5.32 Å². The molecule has 0 fully saturated rings. The number of hydrogen-bond donors (Lipinski definition) is 1. The third-order valence-corrected chi connectivity index (χ3v) is 1.82. The van der Waals surface area contributed by atoms with Crippen LogP contribution >= 0.6 is 0 Å². The number of carbonyl (C=O) groups excluding carboxylic acids is 1. The fraction of sp³-hybridized carbons (Fsp3) is 0.273. The summed E-state index contributed by atoms with van der Waals surface area (Å²) >= 11 is 0. The number of benzene rings is 1. The molecule has 1 N–H and O–H groups in total. The Kier molecular flexibility index (Phi) is 3.69. The Labute approximate surface area is 83.4 Å². The first kappa shape index (κ1) is 10.3. The Morgan fingerprint density at radius 1 is 1.50 bits per heavy atom. The summed E-state index contributed by atoms with van der Waals surface area (Å²) in [6.07, 6.45) is 0.552. The lowest BCUT2D eigenvalue weighted by Gasteiger charge is -2.09. The summed E-state index contributed by atoms with van der Waals surface area (Å²) in [6.45, 7) is 1.41. The third-order valence-electron chi connectivity index (χ3n) is 1.82. The number of hydrogen-bond acceptors (Lipinski definition) is 2. The van der Waals surface area contributed by atoms with Crippen LogP contribution in [0.4, 0.5) is 0 Å². The van der Waals surface area contributed by atoms with Gasteiger partial charge in [0.05, 0.1) is 6.07 Å². The highest BCUT2D eigenvalue weighted by Gasteiger charge is 2.08. The van der Waals surface area contributed by atoms with E-state index in [1.165, 1.54) is 6.92 Å². The van der Waals surface area contributed by atoms with Gasteiger partial charge < -0.3 is 5.32 Å². The molecule has 0 unspecified atom stereocenters. The first-order valence-corrected chi connectivity index (χ1v) is 4.43. The number of rotatable bonds is 3. The van der Waals surface area contributed by atoms with Crippen LogP contribution in [0.25, 0.3) is 0 Å². The standard InChI is InChI=1S/C11H12N2O/c1-9(14)13-11(8-12)7-10-5-3-2-4-6-10/h2-6,11H,7H2,1H3,(H,13,14)/t11-/m1/s1. The molecule has 1 atom stereocenters. The smallest absolute Gasteiger partial charge is 0.217 e. The maximum atomic E-state index is 10.7. The molecule has 0 saturated carbocycles. The van der Waals surface area contributed by atoms with Crippen LogP contribution in [-0.2, 0) is 11.2 Å².